The number of rotatable bonds is 1. The molecule has 0 saturated carbocycles. The second-order valence-electron chi connectivity index (χ2n) is 4.29. The van der Waals surface area contributed by atoms with Gasteiger partial charge in [0.2, 0.25) is 0 Å². The SMILES string of the molecule is CC1=CCC(C2CCNCC2)C=C1. The second-order valence-corrected chi connectivity index (χ2v) is 4.29. The summed E-state index contributed by atoms with van der Waals surface area (Å²) in [5.74, 6) is 1.76. The lowest BCUT2D eigenvalue weighted by Crippen LogP contribution is -2.31. The van der Waals surface area contributed by atoms with Crippen LogP contribution in [0, 0.1) is 11.8 Å². The van der Waals surface area contributed by atoms with Gasteiger partial charge in [-0.1, -0.05) is 23.8 Å². The lowest BCUT2D eigenvalue weighted by atomic mass is 9.80. The molecule has 1 heterocycles. The number of piperidine rings is 1. The van der Waals surface area contributed by atoms with E-state index in [-0.39, 0.29) is 0 Å². The van der Waals surface area contributed by atoms with Crippen LogP contribution in [0.5, 0.6) is 0 Å². The van der Waals surface area contributed by atoms with Crippen LogP contribution in [-0.4, -0.2) is 13.1 Å². The van der Waals surface area contributed by atoms with E-state index in [1.54, 1.807) is 0 Å². The molecule has 0 amide bonds. The largest absolute Gasteiger partial charge is 0.317 e. The van der Waals surface area contributed by atoms with Gasteiger partial charge in [-0.3, -0.25) is 0 Å². The number of hydrogen-bond donors (Lipinski definition) is 1. The summed E-state index contributed by atoms with van der Waals surface area (Å²) in [7, 11) is 0. The molecule has 1 aliphatic heterocycles. The van der Waals surface area contributed by atoms with Crippen LogP contribution in [0.3, 0.4) is 0 Å². The molecule has 1 aliphatic carbocycles. The highest BCUT2D eigenvalue weighted by molar-refractivity contribution is 5.21. The summed E-state index contributed by atoms with van der Waals surface area (Å²) >= 11 is 0. The van der Waals surface area contributed by atoms with E-state index in [4.69, 9.17) is 0 Å². The van der Waals surface area contributed by atoms with E-state index in [1.807, 2.05) is 0 Å². The molecule has 72 valence electrons. The molecule has 1 N–H and O–H groups in total. The zero-order chi connectivity index (χ0) is 9.10. The normalized spacial score (nSPS) is 30.2. The highest BCUT2D eigenvalue weighted by atomic mass is 14.9. The van der Waals surface area contributed by atoms with Crippen LogP contribution in [0.15, 0.2) is 23.8 Å². The van der Waals surface area contributed by atoms with Gasteiger partial charge in [0, 0.05) is 0 Å². The fourth-order valence-electron chi connectivity index (χ4n) is 2.37. The van der Waals surface area contributed by atoms with Crippen LogP contribution in [0.2, 0.25) is 0 Å². The van der Waals surface area contributed by atoms with Crippen molar-refractivity contribution in [1.82, 2.24) is 5.32 Å². The highest BCUT2D eigenvalue weighted by Crippen LogP contribution is 2.29. The van der Waals surface area contributed by atoms with Crippen LogP contribution >= 0.6 is 0 Å². The van der Waals surface area contributed by atoms with Crippen molar-refractivity contribution >= 4 is 0 Å². The van der Waals surface area contributed by atoms with Crippen molar-refractivity contribution in [3.63, 3.8) is 0 Å². The molecular weight excluding hydrogens is 158 g/mol. The van der Waals surface area contributed by atoms with Crippen molar-refractivity contribution < 1.29 is 0 Å². The van der Waals surface area contributed by atoms with Gasteiger partial charge in [-0.2, -0.15) is 0 Å². The van der Waals surface area contributed by atoms with Crippen LogP contribution < -0.4 is 5.32 Å². The summed E-state index contributed by atoms with van der Waals surface area (Å²) in [6, 6.07) is 0. The fraction of sp³-hybridized carbons (Fsp3) is 0.667. The zero-order valence-corrected chi connectivity index (χ0v) is 8.42. The fourth-order valence-corrected chi connectivity index (χ4v) is 2.37. The Morgan fingerprint density at radius 2 is 2.08 bits per heavy atom. The molecule has 0 aromatic rings. The number of nitrogens with one attached hydrogen (secondary N) is 1. The van der Waals surface area contributed by atoms with E-state index in [1.165, 1.54) is 37.9 Å². The van der Waals surface area contributed by atoms with Gasteiger partial charge < -0.3 is 5.32 Å². The zero-order valence-electron chi connectivity index (χ0n) is 8.42. The Morgan fingerprint density at radius 3 is 2.69 bits per heavy atom. The lowest BCUT2D eigenvalue weighted by molar-refractivity contribution is 0.298. The minimum absolute atomic E-state index is 0.825. The molecule has 0 aromatic carbocycles. The first-order chi connectivity index (χ1) is 6.36. The molecule has 0 spiro atoms. The smallest absolute Gasteiger partial charge is 0.00461 e. The number of allylic oxidation sites excluding steroid dienone is 4. The van der Waals surface area contributed by atoms with E-state index in [0.29, 0.717) is 0 Å². The molecule has 13 heavy (non-hydrogen) atoms. The molecule has 1 atom stereocenters. The average molecular weight is 177 g/mol. The lowest BCUT2D eigenvalue weighted by Gasteiger charge is -2.29. The molecule has 2 rings (SSSR count). The Hall–Kier alpha value is -0.560. The van der Waals surface area contributed by atoms with E-state index in [2.05, 4.69) is 30.5 Å². The van der Waals surface area contributed by atoms with Gasteiger partial charge in [0.25, 0.3) is 0 Å². The Kier molecular flexibility index (Phi) is 2.84. The van der Waals surface area contributed by atoms with E-state index < -0.39 is 0 Å². The molecule has 0 bridgehead atoms. The van der Waals surface area contributed by atoms with Crippen LogP contribution in [0.1, 0.15) is 26.2 Å². The predicted molar refractivity (Wildman–Crippen MR) is 56.6 cm³/mol. The highest BCUT2D eigenvalue weighted by Gasteiger charge is 2.21. The van der Waals surface area contributed by atoms with Gasteiger partial charge in [0.15, 0.2) is 0 Å². The van der Waals surface area contributed by atoms with Crippen molar-refractivity contribution in [2.24, 2.45) is 11.8 Å². The van der Waals surface area contributed by atoms with Crippen molar-refractivity contribution in [1.29, 1.82) is 0 Å². The summed E-state index contributed by atoms with van der Waals surface area (Å²) < 4.78 is 0. The van der Waals surface area contributed by atoms with Crippen molar-refractivity contribution in [2.75, 3.05) is 13.1 Å². The molecule has 2 aliphatic rings. The summed E-state index contributed by atoms with van der Waals surface area (Å²) in [4.78, 5) is 0. The maximum Gasteiger partial charge on any atom is -0.00461 e. The van der Waals surface area contributed by atoms with Gasteiger partial charge in [-0.25, -0.2) is 0 Å². The molecule has 1 nitrogen and oxygen atoms in total. The minimum Gasteiger partial charge on any atom is -0.317 e. The predicted octanol–water partition coefficient (Wildman–Crippen LogP) is 2.51. The summed E-state index contributed by atoms with van der Waals surface area (Å²) in [6.45, 7) is 4.63. The van der Waals surface area contributed by atoms with Gasteiger partial charge in [-0.05, 0) is 51.1 Å². The first-order valence-electron chi connectivity index (χ1n) is 5.42. The standard InChI is InChI=1S/C12H19N/c1-10-2-4-11(5-3-10)12-6-8-13-9-7-12/h2-4,11-13H,5-9H2,1H3. The van der Waals surface area contributed by atoms with Gasteiger partial charge >= 0.3 is 0 Å². The Labute approximate surface area is 80.9 Å². The first kappa shape index (κ1) is 9.01. The molecule has 1 heteroatoms. The monoisotopic (exact) mass is 177 g/mol. The Morgan fingerprint density at radius 1 is 1.31 bits per heavy atom. The maximum atomic E-state index is 3.42. The van der Waals surface area contributed by atoms with Gasteiger partial charge in [-0.15, -0.1) is 0 Å². The third kappa shape index (κ3) is 2.22. The molecular formula is C12H19N. The molecule has 0 aromatic heterocycles. The van der Waals surface area contributed by atoms with E-state index >= 15 is 0 Å². The third-order valence-electron chi connectivity index (χ3n) is 3.31. The van der Waals surface area contributed by atoms with Crippen molar-refractivity contribution in [3.8, 4) is 0 Å². The Balaban J connectivity index is 1.91. The van der Waals surface area contributed by atoms with Gasteiger partial charge in [0.05, 0.1) is 0 Å². The van der Waals surface area contributed by atoms with Crippen LogP contribution in [-0.2, 0) is 0 Å². The maximum absolute atomic E-state index is 3.42. The second kappa shape index (κ2) is 4.10. The molecule has 1 saturated heterocycles. The average Bonchev–Trinajstić information content (AvgIpc) is 2.20. The molecule has 1 fully saturated rings. The van der Waals surface area contributed by atoms with Crippen molar-refractivity contribution in [2.45, 2.75) is 26.2 Å². The third-order valence-corrected chi connectivity index (χ3v) is 3.31. The van der Waals surface area contributed by atoms with Crippen molar-refractivity contribution in [3.05, 3.63) is 23.8 Å². The minimum atomic E-state index is 0.825. The van der Waals surface area contributed by atoms with Crippen LogP contribution in [0.25, 0.3) is 0 Å². The van der Waals surface area contributed by atoms with Gasteiger partial charge in [0.1, 0.15) is 0 Å². The summed E-state index contributed by atoms with van der Waals surface area (Å²) in [5, 5.41) is 3.42. The van der Waals surface area contributed by atoms with E-state index in [0.717, 1.165) is 11.8 Å². The quantitative estimate of drug-likeness (QED) is 0.649. The summed E-state index contributed by atoms with van der Waals surface area (Å²) in [5.41, 5.74) is 1.44. The molecule has 1 unspecified atom stereocenters. The topological polar surface area (TPSA) is 12.0 Å². The molecule has 0 radical (unpaired) electrons. The van der Waals surface area contributed by atoms with E-state index in [9.17, 15) is 0 Å². The Bertz CT molecular complexity index is 221. The first-order valence-corrected chi connectivity index (χ1v) is 5.42. The number of hydrogen-bond acceptors (Lipinski definition) is 1. The van der Waals surface area contributed by atoms with Crippen LogP contribution in [0.4, 0.5) is 0 Å². The summed E-state index contributed by atoms with van der Waals surface area (Å²) in [6.07, 6.45) is 11.1.